The number of hydrazone groups is 1. The van der Waals surface area contributed by atoms with Crippen LogP contribution in [0.2, 0.25) is 5.02 Å². The molecule has 39 heavy (non-hydrogen) atoms. The van der Waals surface area contributed by atoms with E-state index >= 15 is 0 Å². The molecule has 200 valence electrons. The van der Waals surface area contributed by atoms with E-state index in [0.717, 1.165) is 26.4 Å². The summed E-state index contributed by atoms with van der Waals surface area (Å²) in [6.45, 7) is 4.36. The highest BCUT2D eigenvalue weighted by atomic mass is 79.9. The first-order valence-electron chi connectivity index (χ1n) is 12.6. The van der Waals surface area contributed by atoms with Crippen molar-refractivity contribution < 1.29 is 14.3 Å². The van der Waals surface area contributed by atoms with Gasteiger partial charge in [0.1, 0.15) is 18.4 Å². The molecular formula is C31H29BrClN3O3. The predicted octanol–water partition coefficient (Wildman–Crippen LogP) is 7.13. The van der Waals surface area contributed by atoms with Crippen LogP contribution in [0.3, 0.4) is 0 Å². The molecule has 0 bridgehead atoms. The normalized spacial score (nSPS) is 12.0. The summed E-state index contributed by atoms with van der Waals surface area (Å²) in [6, 6.07) is 25.5. The monoisotopic (exact) mass is 605 g/mol. The highest BCUT2D eigenvalue weighted by Gasteiger charge is 2.22. The summed E-state index contributed by atoms with van der Waals surface area (Å²) in [5.74, 6) is 0.0604. The SMILES string of the molecule is CC(C)CC(NC(=O)c1ccc(Cl)cc1)C(=O)N/N=C/c1c(OCc2ccc(Br)cc2)ccc2ccccc12. The Morgan fingerprint density at radius 1 is 0.974 bits per heavy atom. The molecule has 0 fully saturated rings. The molecule has 0 spiro atoms. The van der Waals surface area contributed by atoms with E-state index in [4.69, 9.17) is 16.3 Å². The molecule has 0 saturated carbocycles. The van der Waals surface area contributed by atoms with Crippen LogP contribution in [0, 0.1) is 5.92 Å². The number of benzene rings is 4. The second kappa shape index (κ2) is 13.4. The minimum atomic E-state index is -0.758. The van der Waals surface area contributed by atoms with E-state index in [1.165, 1.54) is 0 Å². The number of fused-ring (bicyclic) bond motifs is 1. The summed E-state index contributed by atoms with van der Waals surface area (Å²) in [5, 5.41) is 9.58. The average Bonchev–Trinajstić information content (AvgIpc) is 2.93. The summed E-state index contributed by atoms with van der Waals surface area (Å²) in [4.78, 5) is 25.8. The summed E-state index contributed by atoms with van der Waals surface area (Å²) in [7, 11) is 0. The lowest BCUT2D eigenvalue weighted by Crippen LogP contribution is -2.46. The zero-order valence-electron chi connectivity index (χ0n) is 21.7. The van der Waals surface area contributed by atoms with E-state index in [1.54, 1.807) is 30.5 Å². The Kier molecular flexibility index (Phi) is 9.74. The lowest BCUT2D eigenvalue weighted by molar-refractivity contribution is -0.123. The molecule has 0 aromatic heterocycles. The summed E-state index contributed by atoms with van der Waals surface area (Å²) in [6.07, 6.45) is 2.04. The Morgan fingerprint density at radius 2 is 1.69 bits per heavy atom. The van der Waals surface area contributed by atoms with Crippen LogP contribution in [0.15, 0.2) is 94.5 Å². The topological polar surface area (TPSA) is 79.8 Å². The van der Waals surface area contributed by atoms with Crippen molar-refractivity contribution in [3.05, 3.63) is 111 Å². The molecule has 0 aliphatic carbocycles. The molecule has 0 saturated heterocycles. The number of hydrogen-bond donors (Lipinski definition) is 2. The van der Waals surface area contributed by atoms with Gasteiger partial charge in [-0.25, -0.2) is 5.43 Å². The van der Waals surface area contributed by atoms with E-state index in [9.17, 15) is 9.59 Å². The minimum Gasteiger partial charge on any atom is -0.488 e. The highest BCUT2D eigenvalue weighted by molar-refractivity contribution is 9.10. The van der Waals surface area contributed by atoms with Crippen molar-refractivity contribution in [2.75, 3.05) is 0 Å². The van der Waals surface area contributed by atoms with Gasteiger partial charge in [-0.05, 0) is 71.1 Å². The van der Waals surface area contributed by atoms with E-state index in [1.807, 2.05) is 74.5 Å². The fourth-order valence-electron chi connectivity index (χ4n) is 4.06. The number of hydrogen-bond acceptors (Lipinski definition) is 4. The number of carbonyl (C=O) groups is 2. The van der Waals surface area contributed by atoms with Crippen LogP contribution in [-0.2, 0) is 11.4 Å². The van der Waals surface area contributed by atoms with Gasteiger partial charge in [0.2, 0.25) is 0 Å². The largest absolute Gasteiger partial charge is 0.488 e. The second-order valence-electron chi connectivity index (χ2n) is 9.51. The van der Waals surface area contributed by atoms with Crippen molar-refractivity contribution in [3.63, 3.8) is 0 Å². The van der Waals surface area contributed by atoms with E-state index in [2.05, 4.69) is 31.8 Å². The quantitative estimate of drug-likeness (QED) is 0.149. The molecule has 0 aliphatic heterocycles. The van der Waals surface area contributed by atoms with Gasteiger partial charge in [-0.3, -0.25) is 9.59 Å². The fraction of sp³-hybridized carbons (Fsp3) is 0.194. The van der Waals surface area contributed by atoms with Gasteiger partial charge in [0.25, 0.3) is 11.8 Å². The molecule has 2 amide bonds. The first-order valence-corrected chi connectivity index (χ1v) is 13.8. The molecule has 2 N–H and O–H groups in total. The van der Waals surface area contributed by atoms with Gasteiger partial charge < -0.3 is 10.1 Å². The first-order chi connectivity index (χ1) is 18.8. The zero-order valence-corrected chi connectivity index (χ0v) is 24.0. The number of carbonyl (C=O) groups excluding carboxylic acids is 2. The molecule has 0 radical (unpaired) electrons. The second-order valence-corrected chi connectivity index (χ2v) is 10.9. The predicted molar refractivity (Wildman–Crippen MR) is 160 cm³/mol. The summed E-state index contributed by atoms with van der Waals surface area (Å²) in [5.41, 5.74) is 4.80. The standard InChI is InChI=1S/C31H29BrClN3O3/c1-20(2)17-28(35-30(37)23-9-14-25(33)15-10-23)31(38)36-34-18-27-26-6-4-3-5-22(26)11-16-29(27)39-19-21-7-12-24(32)13-8-21/h3-16,18,20,28H,17,19H2,1-2H3,(H,35,37)(H,36,38)/b34-18+. The number of ether oxygens (including phenoxy) is 1. The maximum absolute atomic E-state index is 13.1. The Balaban J connectivity index is 1.51. The lowest BCUT2D eigenvalue weighted by Gasteiger charge is -2.19. The van der Waals surface area contributed by atoms with Gasteiger partial charge in [-0.15, -0.1) is 0 Å². The smallest absolute Gasteiger partial charge is 0.262 e. The average molecular weight is 607 g/mol. The third-order valence-corrected chi connectivity index (χ3v) is 6.82. The van der Waals surface area contributed by atoms with Crippen LogP contribution in [0.25, 0.3) is 10.8 Å². The van der Waals surface area contributed by atoms with E-state index in [-0.39, 0.29) is 11.8 Å². The molecule has 4 aromatic carbocycles. The number of rotatable bonds is 10. The van der Waals surface area contributed by atoms with Gasteiger partial charge in [0, 0.05) is 20.6 Å². The Bertz CT molecular complexity index is 1470. The van der Waals surface area contributed by atoms with Crippen molar-refractivity contribution >= 4 is 56.3 Å². The van der Waals surface area contributed by atoms with Crippen molar-refractivity contribution in [1.82, 2.24) is 10.7 Å². The summed E-state index contributed by atoms with van der Waals surface area (Å²) < 4.78 is 7.15. The number of amides is 2. The Morgan fingerprint density at radius 3 is 2.41 bits per heavy atom. The molecule has 4 rings (SSSR count). The van der Waals surface area contributed by atoms with Crippen molar-refractivity contribution in [2.45, 2.75) is 32.9 Å². The number of nitrogens with one attached hydrogen (secondary N) is 2. The molecule has 6 nitrogen and oxygen atoms in total. The van der Waals surface area contributed by atoms with Crippen LogP contribution in [0.4, 0.5) is 0 Å². The molecular weight excluding hydrogens is 578 g/mol. The van der Waals surface area contributed by atoms with Crippen LogP contribution in [0.1, 0.15) is 41.8 Å². The lowest BCUT2D eigenvalue weighted by atomic mass is 10.0. The molecule has 0 heterocycles. The maximum atomic E-state index is 13.1. The number of halogens is 2. The highest BCUT2D eigenvalue weighted by Crippen LogP contribution is 2.27. The molecule has 8 heteroatoms. The molecule has 1 unspecified atom stereocenters. The zero-order chi connectivity index (χ0) is 27.8. The third-order valence-electron chi connectivity index (χ3n) is 6.04. The fourth-order valence-corrected chi connectivity index (χ4v) is 4.45. The van der Waals surface area contributed by atoms with Gasteiger partial charge in [0.15, 0.2) is 0 Å². The van der Waals surface area contributed by atoms with E-state index < -0.39 is 11.9 Å². The summed E-state index contributed by atoms with van der Waals surface area (Å²) >= 11 is 9.38. The van der Waals surface area contributed by atoms with Crippen molar-refractivity contribution in [2.24, 2.45) is 11.0 Å². The van der Waals surface area contributed by atoms with Crippen molar-refractivity contribution in [3.8, 4) is 5.75 Å². The Hall–Kier alpha value is -3.68. The Labute approximate surface area is 241 Å². The van der Waals surface area contributed by atoms with Crippen LogP contribution in [0.5, 0.6) is 5.75 Å². The molecule has 0 aliphatic rings. The van der Waals surface area contributed by atoms with Gasteiger partial charge in [-0.2, -0.15) is 5.10 Å². The third kappa shape index (κ3) is 7.91. The van der Waals surface area contributed by atoms with Crippen LogP contribution >= 0.6 is 27.5 Å². The maximum Gasteiger partial charge on any atom is 0.262 e. The molecule has 1 atom stereocenters. The van der Waals surface area contributed by atoms with Crippen molar-refractivity contribution in [1.29, 1.82) is 0 Å². The van der Waals surface area contributed by atoms with Crippen LogP contribution in [-0.4, -0.2) is 24.1 Å². The van der Waals surface area contributed by atoms with Gasteiger partial charge >= 0.3 is 0 Å². The molecule has 4 aromatic rings. The van der Waals surface area contributed by atoms with Gasteiger partial charge in [0.05, 0.1) is 6.21 Å². The minimum absolute atomic E-state index is 0.173. The first kappa shape index (κ1) is 28.3. The van der Waals surface area contributed by atoms with Crippen LogP contribution < -0.4 is 15.5 Å². The van der Waals surface area contributed by atoms with Gasteiger partial charge in [-0.1, -0.05) is 83.8 Å². The number of nitrogens with zero attached hydrogens (tertiary/aromatic N) is 1. The van der Waals surface area contributed by atoms with E-state index in [0.29, 0.717) is 29.4 Å².